The zero-order valence-electron chi connectivity index (χ0n) is 11.8. The lowest BCUT2D eigenvalue weighted by Gasteiger charge is -2.19. The molecule has 1 aliphatic rings. The predicted octanol–water partition coefficient (Wildman–Crippen LogP) is 3.75. The van der Waals surface area contributed by atoms with Crippen LogP contribution < -0.4 is 5.32 Å². The third-order valence-electron chi connectivity index (χ3n) is 3.92. The molecule has 0 amide bonds. The van der Waals surface area contributed by atoms with Gasteiger partial charge < -0.3 is 10.1 Å². The van der Waals surface area contributed by atoms with Crippen molar-refractivity contribution in [3.05, 3.63) is 0 Å². The highest BCUT2D eigenvalue weighted by molar-refractivity contribution is 4.75. The minimum Gasteiger partial charge on any atom is -0.381 e. The van der Waals surface area contributed by atoms with Gasteiger partial charge in [-0.3, -0.25) is 0 Å². The van der Waals surface area contributed by atoms with Crippen LogP contribution in [0, 0.1) is 5.92 Å². The van der Waals surface area contributed by atoms with E-state index in [1.54, 1.807) is 0 Å². The van der Waals surface area contributed by atoms with Gasteiger partial charge in [-0.05, 0) is 32.2 Å². The third-order valence-corrected chi connectivity index (χ3v) is 3.92. The summed E-state index contributed by atoms with van der Waals surface area (Å²) in [6.45, 7) is 7.70. The van der Waals surface area contributed by atoms with E-state index in [2.05, 4.69) is 19.2 Å². The topological polar surface area (TPSA) is 21.3 Å². The van der Waals surface area contributed by atoms with E-state index in [0.29, 0.717) is 6.04 Å². The SMILES string of the molecule is CCCCCCCCCNC(C)C1CCOC1. The minimum absolute atomic E-state index is 0.637. The summed E-state index contributed by atoms with van der Waals surface area (Å²) in [5, 5.41) is 3.65. The van der Waals surface area contributed by atoms with Gasteiger partial charge >= 0.3 is 0 Å². The molecular weight excluding hydrogens is 210 g/mol. The highest BCUT2D eigenvalue weighted by Gasteiger charge is 2.21. The minimum atomic E-state index is 0.637. The van der Waals surface area contributed by atoms with Crippen LogP contribution in [0.25, 0.3) is 0 Å². The van der Waals surface area contributed by atoms with Crippen molar-refractivity contribution in [2.45, 2.75) is 71.3 Å². The molecule has 1 N–H and O–H groups in total. The molecule has 1 aliphatic heterocycles. The number of unbranched alkanes of at least 4 members (excludes halogenated alkanes) is 6. The molecular formula is C15H31NO. The maximum Gasteiger partial charge on any atom is 0.0509 e. The third kappa shape index (κ3) is 7.05. The van der Waals surface area contributed by atoms with Crippen LogP contribution in [-0.4, -0.2) is 25.8 Å². The molecule has 2 heteroatoms. The van der Waals surface area contributed by atoms with Gasteiger partial charge in [-0.1, -0.05) is 45.4 Å². The lowest BCUT2D eigenvalue weighted by atomic mass is 10.0. The van der Waals surface area contributed by atoms with E-state index in [0.717, 1.165) is 19.1 Å². The van der Waals surface area contributed by atoms with Gasteiger partial charge in [0.25, 0.3) is 0 Å². The van der Waals surface area contributed by atoms with Crippen molar-refractivity contribution in [2.75, 3.05) is 19.8 Å². The second-order valence-corrected chi connectivity index (χ2v) is 5.49. The lowest BCUT2D eigenvalue weighted by molar-refractivity contribution is 0.178. The van der Waals surface area contributed by atoms with E-state index in [1.165, 1.54) is 57.9 Å². The van der Waals surface area contributed by atoms with Crippen molar-refractivity contribution < 1.29 is 4.74 Å². The molecule has 1 saturated heterocycles. The molecule has 0 saturated carbocycles. The van der Waals surface area contributed by atoms with Gasteiger partial charge in [-0.25, -0.2) is 0 Å². The molecule has 0 aromatic rings. The summed E-state index contributed by atoms with van der Waals surface area (Å²) < 4.78 is 5.42. The number of hydrogen-bond donors (Lipinski definition) is 1. The lowest BCUT2D eigenvalue weighted by Crippen LogP contribution is -2.34. The standard InChI is InChI=1S/C15H31NO/c1-3-4-5-6-7-8-9-11-16-14(2)15-10-12-17-13-15/h14-16H,3-13H2,1-2H3. The van der Waals surface area contributed by atoms with Gasteiger partial charge in [0.2, 0.25) is 0 Å². The van der Waals surface area contributed by atoms with Gasteiger partial charge in [0, 0.05) is 12.6 Å². The molecule has 2 nitrogen and oxygen atoms in total. The molecule has 0 aromatic heterocycles. The number of hydrogen-bond acceptors (Lipinski definition) is 2. The van der Waals surface area contributed by atoms with Gasteiger partial charge in [0.1, 0.15) is 0 Å². The first-order valence-electron chi connectivity index (χ1n) is 7.65. The molecule has 2 unspecified atom stereocenters. The van der Waals surface area contributed by atoms with Gasteiger partial charge in [0.05, 0.1) is 6.61 Å². The van der Waals surface area contributed by atoms with Crippen molar-refractivity contribution in [2.24, 2.45) is 5.92 Å². The van der Waals surface area contributed by atoms with Crippen LogP contribution in [0.1, 0.15) is 65.2 Å². The average Bonchev–Trinajstić information content (AvgIpc) is 2.86. The molecule has 0 aliphatic carbocycles. The van der Waals surface area contributed by atoms with Crippen molar-refractivity contribution in [1.82, 2.24) is 5.32 Å². The van der Waals surface area contributed by atoms with Crippen molar-refractivity contribution in [3.8, 4) is 0 Å². The van der Waals surface area contributed by atoms with Crippen LogP contribution in [0.2, 0.25) is 0 Å². The molecule has 2 atom stereocenters. The molecule has 1 fully saturated rings. The molecule has 0 radical (unpaired) electrons. The highest BCUT2D eigenvalue weighted by Crippen LogP contribution is 2.16. The largest absolute Gasteiger partial charge is 0.381 e. The van der Waals surface area contributed by atoms with E-state index < -0.39 is 0 Å². The van der Waals surface area contributed by atoms with Crippen LogP contribution in [0.4, 0.5) is 0 Å². The highest BCUT2D eigenvalue weighted by atomic mass is 16.5. The van der Waals surface area contributed by atoms with Crippen LogP contribution in [0.5, 0.6) is 0 Å². The Hall–Kier alpha value is -0.0800. The Morgan fingerprint density at radius 1 is 1.12 bits per heavy atom. The first-order chi connectivity index (χ1) is 8.34. The Bertz CT molecular complexity index is 166. The van der Waals surface area contributed by atoms with Crippen molar-refractivity contribution in [3.63, 3.8) is 0 Å². The summed E-state index contributed by atoms with van der Waals surface area (Å²) in [6.07, 6.45) is 11.0. The Labute approximate surface area is 108 Å². The van der Waals surface area contributed by atoms with Gasteiger partial charge in [-0.2, -0.15) is 0 Å². The van der Waals surface area contributed by atoms with E-state index in [9.17, 15) is 0 Å². The van der Waals surface area contributed by atoms with Crippen LogP contribution in [0.3, 0.4) is 0 Å². The fourth-order valence-corrected chi connectivity index (χ4v) is 2.53. The maximum absolute atomic E-state index is 5.42. The fourth-order valence-electron chi connectivity index (χ4n) is 2.53. The maximum atomic E-state index is 5.42. The van der Waals surface area contributed by atoms with E-state index in [-0.39, 0.29) is 0 Å². The molecule has 102 valence electrons. The number of ether oxygens (including phenoxy) is 1. The molecule has 17 heavy (non-hydrogen) atoms. The van der Waals surface area contributed by atoms with Crippen LogP contribution in [-0.2, 0) is 4.74 Å². The molecule has 0 spiro atoms. The van der Waals surface area contributed by atoms with E-state index in [1.807, 2.05) is 0 Å². The first kappa shape index (κ1) is 15.0. The summed E-state index contributed by atoms with van der Waals surface area (Å²) >= 11 is 0. The monoisotopic (exact) mass is 241 g/mol. The molecule has 0 bridgehead atoms. The van der Waals surface area contributed by atoms with Gasteiger partial charge in [-0.15, -0.1) is 0 Å². The normalized spacial score (nSPS) is 21.9. The second kappa shape index (κ2) is 9.90. The summed E-state index contributed by atoms with van der Waals surface area (Å²) in [5.74, 6) is 0.750. The Kier molecular flexibility index (Phi) is 8.72. The molecule has 1 rings (SSSR count). The summed E-state index contributed by atoms with van der Waals surface area (Å²) in [5.41, 5.74) is 0. The predicted molar refractivity (Wildman–Crippen MR) is 74.4 cm³/mol. The molecule has 0 aromatic carbocycles. The first-order valence-corrected chi connectivity index (χ1v) is 7.65. The zero-order chi connectivity index (χ0) is 12.3. The Morgan fingerprint density at radius 2 is 1.82 bits per heavy atom. The van der Waals surface area contributed by atoms with Crippen molar-refractivity contribution >= 4 is 0 Å². The second-order valence-electron chi connectivity index (χ2n) is 5.49. The Morgan fingerprint density at radius 3 is 2.47 bits per heavy atom. The summed E-state index contributed by atoms with van der Waals surface area (Å²) in [7, 11) is 0. The number of rotatable bonds is 10. The van der Waals surface area contributed by atoms with Gasteiger partial charge in [0.15, 0.2) is 0 Å². The number of nitrogens with one attached hydrogen (secondary N) is 1. The summed E-state index contributed by atoms with van der Waals surface area (Å²) in [4.78, 5) is 0. The zero-order valence-corrected chi connectivity index (χ0v) is 11.8. The average molecular weight is 241 g/mol. The van der Waals surface area contributed by atoms with E-state index >= 15 is 0 Å². The fraction of sp³-hybridized carbons (Fsp3) is 1.00. The van der Waals surface area contributed by atoms with E-state index in [4.69, 9.17) is 4.74 Å². The summed E-state index contributed by atoms with van der Waals surface area (Å²) in [6, 6.07) is 0.637. The Balaban J connectivity index is 1.83. The van der Waals surface area contributed by atoms with Crippen LogP contribution >= 0.6 is 0 Å². The molecule has 1 heterocycles. The smallest absolute Gasteiger partial charge is 0.0509 e. The van der Waals surface area contributed by atoms with Crippen LogP contribution in [0.15, 0.2) is 0 Å². The quantitative estimate of drug-likeness (QED) is 0.588. The van der Waals surface area contributed by atoms with Crippen molar-refractivity contribution in [1.29, 1.82) is 0 Å².